The van der Waals surface area contributed by atoms with Crippen LogP contribution in [0.5, 0.6) is 0 Å². The van der Waals surface area contributed by atoms with Crippen LogP contribution < -0.4 is 0 Å². The second kappa shape index (κ2) is 12.7. The number of hydrogen-bond donors (Lipinski definition) is 0. The van der Waals surface area contributed by atoms with Crippen molar-refractivity contribution in [2.45, 2.75) is 24.8 Å². The fourth-order valence-corrected chi connectivity index (χ4v) is 1.90. The topological polar surface area (TPSA) is 108 Å². The van der Waals surface area contributed by atoms with Crippen LogP contribution >= 0.6 is 0 Å². The Kier molecular flexibility index (Phi) is 12.0. The van der Waals surface area contributed by atoms with Crippen molar-refractivity contribution in [3.05, 3.63) is 12.2 Å². The molecule has 0 saturated heterocycles. The number of hydrogen-bond acceptors (Lipinski definition) is 10. The standard InChI is InChI=1S/C16H28O10/c1-19-15(20-2,21-3)9-11-25-13(17)7-8-14(18)26-12-10-16(22-4,23-5)24-6/h7-8H,9-12H2,1-6H3/b8-7+. The molecule has 0 bridgehead atoms. The van der Waals surface area contributed by atoms with Gasteiger partial charge in [-0.25, -0.2) is 9.59 Å². The first-order chi connectivity index (χ1) is 12.4. The summed E-state index contributed by atoms with van der Waals surface area (Å²) < 4.78 is 40.2. The second-order valence-corrected chi connectivity index (χ2v) is 4.76. The quantitative estimate of drug-likeness (QED) is 0.241. The summed E-state index contributed by atoms with van der Waals surface area (Å²) >= 11 is 0. The Hall–Kier alpha value is -1.56. The molecule has 0 radical (unpaired) electrons. The lowest BCUT2D eigenvalue weighted by Gasteiger charge is -2.28. The summed E-state index contributed by atoms with van der Waals surface area (Å²) in [6, 6.07) is 0. The van der Waals surface area contributed by atoms with Gasteiger partial charge in [0.1, 0.15) is 0 Å². The lowest BCUT2D eigenvalue weighted by molar-refractivity contribution is -0.357. The molecular weight excluding hydrogens is 352 g/mol. The van der Waals surface area contributed by atoms with Crippen molar-refractivity contribution in [1.29, 1.82) is 0 Å². The van der Waals surface area contributed by atoms with Gasteiger partial charge >= 0.3 is 11.9 Å². The van der Waals surface area contributed by atoms with Crippen LogP contribution in [-0.4, -0.2) is 79.8 Å². The summed E-state index contributed by atoms with van der Waals surface area (Å²) in [5.74, 6) is -4.03. The number of rotatable bonds is 14. The van der Waals surface area contributed by atoms with Crippen molar-refractivity contribution in [1.82, 2.24) is 0 Å². The Balaban J connectivity index is 4.22. The summed E-state index contributed by atoms with van der Waals surface area (Å²) in [6.45, 7) is -0.0719. The third kappa shape index (κ3) is 8.21. The number of carbonyl (C=O) groups excluding carboxylic acids is 2. The van der Waals surface area contributed by atoms with E-state index in [9.17, 15) is 9.59 Å². The monoisotopic (exact) mass is 380 g/mol. The van der Waals surface area contributed by atoms with Gasteiger partial charge in [0.15, 0.2) is 0 Å². The molecule has 0 heterocycles. The fourth-order valence-electron chi connectivity index (χ4n) is 1.90. The molecule has 0 unspecified atom stereocenters. The highest BCUT2D eigenvalue weighted by molar-refractivity contribution is 5.91. The van der Waals surface area contributed by atoms with E-state index in [2.05, 4.69) is 0 Å². The van der Waals surface area contributed by atoms with Gasteiger partial charge < -0.3 is 37.9 Å². The zero-order valence-electron chi connectivity index (χ0n) is 16.1. The largest absolute Gasteiger partial charge is 0.462 e. The van der Waals surface area contributed by atoms with Gasteiger partial charge in [0.05, 0.1) is 26.1 Å². The minimum Gasteiger partial charge on any atom is -0.462 e. The average molecular weight is 380 g/mol. The Bertz CT molecular complexity index is 384. The fraction of sp³-hybridized carbons (Fsp3) is 0.750. The Morgan fingerprint density at radius 2 is 0.885 bits per heavy atom. The van der Waals surface area contributed by atoms with Crippen LogP contribution in [0.2, 0.25) is 0 Å². The minimum atomic E-state index is -1.29. The first-order valence-electron chi connectivity index (χ1n) is 7.69. The molecule has 0 aromatic carbocycles. The summed E-state index contributed by atoms with van der Waals surface area (Å²) in [7, 11) is 8.39. The van der Waals surface area contributed by atoms with Gasteiger partial charge in [-0.3, -0.25) is 0 Å². The zero-order chi connectivity index (χ0) is 20.1. The molecule has 0 aromatic rings. The molecule has 0 aliphatic rings. The van der Waals surface area contributed by atoms with E-state index in [-0.39, 0.29) is 26.1 Å². The molecule has 0 aliphatic carbocycles. The molecule has 0 fully saturated rings. The number of esters is 2. The maximum absolute atomic E-state index is 11.6. The van der Waals surface area contributed by atoms with Crippen LogP contribution in [0.25, 0.3) is 0 Å². The van der Waals surface area contributed by atoms with Crippen LogP contribution in [0.3, 0.4) is 0 Å². The highest BCUT2D eigenvalue weighted by Crippen LogP contribution is 2.17. The maximum Gasteiger partial charge on any atom is 0.331 e. The van der Waals surface area contributed by atoms with Crippen molar-refractivity contribution in [3.63, 3.8) is 0 Å². The normalized spacial score (nSPS) is 12.4. The highest BCUT2D eigenvalue weighted by Gasteiger charge is 2.30. The Labute approximate surface area is 153 Å². The number of carbonyl (C=O) groups is 2. The van der Waals surface area contributed by atoms with Crippen molar-refractivity contribution in [2.24, 2.45) is 0 Å². The van der Waals surface area contributed by atoms with E-state index in [1.165, 1.54) is 42.7 Å². The predicted molar refractivity (Wildman–Crippen MR) is 87.8 cm³/mol. The molecular formula is C16H28O10. The van der Waals surface area contributed by atoms with Crippen molar-refractivity contribution in [2.75, 3.05) is 55.9 Å². The summed E-state index contributed by atoms with van der Waals surface area (Å²) in [5, 5.41) is 0. The number of ether oxygens (including phenoxy) is 8. The lowest BCUT2D eigenvalue weighted by Crippen LogP contribution is -2.37. The maximum atomic E-state index is 11.6. The van der Waals surface area contributed by atoms with E-state index >= 15 is 0 Å². The third-order valence-corrected chi connectivity index (χ3v) is 3.53. The molecule has 0 aliphatic heterocycles. The van der Waals surface area contributed by atoms with Crippen LogP contribution in [0, 0.1) is 0 Å². The van der Waals surface area contributed by atoms with Gasteiger partial charge in [-0.05, 0) is 0 Å². The van der Waals surface area contributed by atoms with Crippen molar-refractivity contribution in [3.8, 4) is 0 Å². The molecule has 0 saturated carbocycles. The van der Waals surface area contributed by atoms with E-state index in [0.29, 0.717) is 0 Å². The first kappa shape index (κ1) is 24.4. The zero-order valence-corrected chi connectivity index (χ0v) is 16.1. The Morgan fingerprint density at radius 1 is 0.615 bits per heavy atom. The lowest BCUT2D eigenvalue weighted by atomic mass is 10.4. The third-order valence-electron chi connectivity index (χ3n) is 3.53. The molecule has 0 N–H and O–H groups in total. The smallest absolute Gasteiger partial charge is 0.331 e. The molecule has 0 amide bonds. The SMILES string of the molecule is COC(CCOC(=O)/C=C/C(=O)OCCC(OC)(OC)OC)(OC)OC. The molecule has 0 rings (SSSR count). The second-order valence-electron chi connectivity index (χ2n) is 4.76. The Morgan fingerprint density at radius 3 is 1.12 bits per heavy atom. The summed E-state index contributed by atoms with van der Waals surface area (Å²) in [6.07, 6.45) is 2.20. The van der Waals surface area contributed by atoms with Gasteiger partial charge in [0.25, 0.3) is 11.9 Å². The molecule has 26 heavy (non-hydrogen) atoms. The van der Waals surface area contributed by atoms with E-state index in [4.69, 9.17) is 37.9 Å². The van der Waals surface area contributed by atoms with Gasteiger partial charge in [0.2, 0.25) is 0 Å². The number of methoxy groups -OCH3 is 6. The molecule has 152 valence electrons. The van der Waals surface area contributed by atoms with Crippen LogP contribution in [0.1, 0.15) is 12.8 Å². The van der Waals surface area contributed by atoms with Gasteiger partial charge in [0, 0.05) is 54.8 Å². The highest BCUT2D eigenvalue weighted by atomic mass is 16.9. The van der Waals surface area contributed by atoms with E-state index in [0.717, 1.165) is 12.2 Å². The van der Waals surface area contributed by atoms with Crippen LogP contribution in [0.15, 0.2) is 12.2 Å². The van der Waals surface area contributed by atoms with Crippen molar-refractivity contribution < 1.29 is 47.5 Å². The summed E-state index contributed by atoms with van der Waals surface area (Å²) in [4.78, 5) is 23.1. The molecule has 10 nitrogen and oxygen atoms in total. The van der Waals surface area contributed by atoms with Crippen molar-refractivity contribution >= 4 is 11.9 Å². The van der Waals surface area contributed by atoms with E-state index in [1.807, 2.05) is 0 Å². The predicted octanol–water partition coefficient (Wildman–Crippen LogP) is 0.595. The van der Waals surface area contributed by atoms with Crippen LogP contribution in [0.4, 0.5) is 0 Å². The van der Waals surface area contributed by atoms with Crippen LogP contribution in [-0.2, 0) is 47.5 Å². The molecule has 0 spiro atoms. The minimum absolute atomic E-state index is 0.0359. The summed E-state index contributed by atoms with van der Waals surface area (Å²) in [5.41, 5.74) is 0. The van der Waals surface area contributed by atoms with Gasteiger partial charge in [-0.2, -0.15) is 0 Å². The van der Waals surface area contributed by atoms with E-state index < -0.39 is 23.9 Å². The molecule has 10 heteroatoms. The van der Waals surface area contributed by atoms with E-state index in [1.54, 1.807) is 0 Å². The molecule has 0 atom stereocenters. The molecule has 0 aromatic heterocycles. The van der Waals surface area contributed by atoms with Gasteiger partial charge in [-0.15, -0.1) is 0 Å². The average Bonchev–Trinajstić information content (AvgIpc) is 2.68. The first-order valence-corrected chi connectivity index (χ1v) is 7.69. The van der Waals surface area contributed by atoms with Gasteiger partial charge in [-0.1, -0.05) is 0 Å².